The van der Waals surface area contributed by atoms with E-state index in [1.807, 2.05) is 43.3 Å². The van der Waals surface area contributed by atoms with Gasteiger partial charge in [0.2, 0.25) is 0 Å². The van der Waals surface area contributed by atoms with Crippen molar-refractivity contribution in [2.75, 3.05) is 19.1 Å². The van der Waals surface area contributed by atoms with Crippen LogP contribution in [0.25, 0.3) is 0 Å². The molecule has 33 heavy (non-hydrogen) atoms. The van der Waals surface area contributed by atoms with Crippen molar-refractivity contribution in [2.45, 2.75) is 44.9 Å². The van der Waals surface area contributed by atoms with Gasteiger partial charge in [-0.05, 0) is 42.3 Å². The average Bonchev–Trinajstić information content (AvgIpc) is 3.21. The Bertz CT molecular complexity index is 1040. The summed E-state index contributed by atoms with van der Waals surface area (Å²) in [6, 6.07) is 13.4. The highest BCUT2D eigenvalue weighted by Gasteiger charge is 2.24. The minimum absolute atomic E-state index is 0.0839. The maximum atomic E-state index is 10.2. The first-order chi connectivity index (χ1) is 15.7. The summed E-state index contributed by atoms with van der Waals surface area (Å²) in [5.74, 6) is 1.27. The lowest BCUT2D eigenvalue weighted by Gasteiger charge is -2.27. The molecular weight excluding hydrogens is 465 g/mol. The Hall–Kier alpha value is -2.32. The number of aliphatic hydroxyl groups excluding tert-OH is 2. The molecule has 0 aliphatic heterocycles. The van der Waals surface area contributed by atoms with Crippen LogP contribution in [0.15, 0.2) is 48.7 Å². The topological polar surface area (TPSA) is 89.6 Å². The second-order valence-corrected chi connectivity index (χ2v) is 9.18. The maximum absolute atomic E-state index is 10.2. The van der Waals surface area contributed by atoms with E-state index in [1.54, 1.807) is 16.9 Å². The van der Waals surface area contributed by atoms with Gasteiger partial charge in [-0.25, -0.2) is 4.68 Å². The van der Waals surface area contributed by atoms with Crippen molar-refractivity contribution in [3.63, 3.8) is 0 Å². The van der Waals surface area contributed by atoms with Crippen LogP contribution in [0.1, 0.15) is 30.7 Å². The van der Waals surface area contributed by atoms with Gasteiger partial charge in [0.25, 0.3) is 0 Å². The van der Waals surface area contributed by atoms with Gasteiger partial charge in [0.05, 0.1) is 23.1 Å². The predicted molar refractivity (Wildman–Crippen MR) is 129 cm³/mol. The van der Waals surface area contributed by atoms with Crippen LogP contribution >= 0.6 is 23.2 Å². The number of alkyl halides is 1. The molecule has 1 heterocycles. The number of halogens is 2. The normalized spacial score (nSPS) is 13.5. The number of hydrogen-bond acceptors (Lipinski definition) is 6. The highest BCUT2D eigenvalue weighted by molar-refractivity contribution is 6.32. The summed E-state index contributed by atoms with van der Waals surface area (Å²) in [6.07, 6.45) is 0.331. The van der Waals surface area contributed by atoms with Crippen molar-refractivity contribution >= 4 is 23.2 Å². The van der Waals surface area contributed by atoms with Crippen molar-refractivity contribution in [1.29, 1.82) is 0 Å². The molecule has 0 saturated carbocycles. The van der Waals surface area contributed by atoms with Crippen LogP contribution in [0.4, 0.5) is 0 Å². The van der Waals surface area contributed by atoms with Crippen LogP contribution in [-0.2, 0) is 12.0 Å². The van der Waals surface area contributed by atoms with Gasteiger partial charge in [-0.15, -0.1) is 16.7 Å². The first-order valence-electron chi connectivity index (χ1n) is 10.6. The summed E-state index contributed by atoms with van der Waals surface area (Å²) in [5, 5.41) is 28.1. The number of benzene rings is 2. The van der Waals surface area contributed by atoms with Crippen LogP contribution in [0.3, 0.4) is 0 Å². The van der Waals surface area contributed by atoms with Crippen LogP contribution < -0.4 is 9.47 Å². The monoisotopic (exact) mass is 493 g/mol. The Morgan fingerprint density at radius 2 is 1.67 bits per heavy atom. The quantitative estimate of drug-likeness (QED) is 0.392. The highest BCUT2D eigenvalue weighted by atomic mass is 35.5. The lowest BCUT2D eigenvalue weighted by atomic mass is 9.78. The summed E-state index contributed by atoms with van der Waals surface area (Å²) in [4.78, 5) is 0. The number of hydrogen-bond donors (Lipinski definition) is 2. The molecule has 0 radical (unpaired) electrons. The molecule has 9 heteroatoms. The van der Waals surface area contributed by atoms with E-state index < -0.39 is 12.2 Å². The van der Waals surface area contributed by atoms with Gasteiger partial charge in [0.1, 0.15) is 36.9 Å². The zero-order chi connectivity index (χ0) is 24.0. The number of aryl methyl sites for hydroxylation is 1. The Morgan fingerprint density at radius 3 is 2.27 bits per heavy atom. The SMILES string of the molecule is Cc1cn(CC(O)COc2ccc(C(C)(C)c3ccc(OCC(O)CCl)c(Cl)c3)cc2)nn1. The van der Waals surface area contributed by atoms with E-state index in [-0.39, 0.29) is 24.5 Å². The second-order valence-electron chi connectivity index (χ2n) is 8.46. The number of nitrogens with zero attached hydrogens (tertiary/aromatic N) is 3. The molecule has 0 bridgehead atoms. The maximum Gasteiger partial charge on any atom is 0.138 e. The Balaban J connectivity index is 1.61. The smallest absolute Gasteiger partial charge is 0.138 e. The number of aromatic nitrogens is 3. The Labute approximate surface area is 203 Å². The molecule has 0 spiro atoms. The van der Waals surface area contributed by atoms with Crippen molar-refractivity contribution in [3.8, 4) is 11.5 Å². The van der Waals surface area contributed by atoms with Crippen molar-refractivity contribution in [1.82, 2.24) is 15.0 Å². The third-order valence-electron chi connectivity index (χ3n) is 5.33. The summed E-state index contributed by atoms with van der Waals surface area (Å²) in [5.41, 5.74) is 2.58. The van der Waals surface area contributed by atoms with Crippen molar-refractivity contribution in [3.05, 3.63) is 70.5 Å². The zero-order valence-corrected chi connectivity index (χ0v) is 20.4. The minimum Gasteiger partial charge on any atom is -0.491 e. The molecule has 2 aromatic carbocycles. The summed E-state index contributed by atoms with van der Waals surface area (Å²) in [7, 11) is 0. The molecule has 2 atom stereocenters. The van der Waals surface area contributed by atoms with Gasteiger partial charge in [-0.1, -0.05) is 48.9 Å². The fourth-order valence-corrected chi connectivity index (χ4v) is 3.64. The standard InChI is InChI=1S/C24H29Cl2N3O4/c1-16-12-29(28-27-16)13-20(31)15-32-21-7-4-17(5-8-21)24(2,3)18-6-9-23(22(26)10-18)33-14-19(30)11-25/h4-10,12,19-20,30-31H,11,13-15H2,1-3H3. The van der Waals surface area contributed by atoms with E-state index in [9.17, 15) is 10.2 Å². The first-order valence-corrected chi connectivity index (χ1v) is 11.5. The molecule has 0 aliphatic carbocycles. The summed E-state index contributed by atoms with van der Waals surface area (Å²) < 4.78 is 12.9. The van der Waals surface area contributed by atoms with Crippen LogP contribution in [0.2, 0.25) is 5.02 Å². The Morgan fingerprint density at radius 1 is 1.00 bits per heavy atom. The Kier molecular flexibility index (Phi) is 8.59. The van der Waals surface area contributed by atoms with Crippen LogP contribution in [0.5, 0.6) is 11.5 Å². The van der Waals surface area contributed by atoms with Crippen molar-refractivity contribution in [2.24, 2.45) is 0 Å². The third kappa shape index (κ3) is 6.84. The third-order valence-corrected chi connectivity index (χ3v) is 5.98. The average molecular weight is 494 g/mol. The van der Waals surface area contributed by atoms with E-state index >= 15 is 0 Å². The number of ether oxygens (including phenoxy) is 2. The van der Waals surface area contributed by atoms with E-state index in [1.165, 1.54) is 0 Å². The molecule has 2 N–H and O–H groups in total. The van der Waals surface area contributed by atoms with Gasteiger partial charge < -0.3 is 19.7 Å². The predicted octanol–water partition coefficient (Wildman–Crippen LogP) is 3.98. The first kappa shape index (κ1) is 25.3. The van der Waals surface area contributed by atoms with E-state index in [4.69, 9.17) is 32.7 Å². The summed E-state index contributed by atoms with van der Waals surface area (Å²) >= 11 is 12.0. The molecular formula is C24H29Cl2N3O4. The number of rotatable bonds is 11. The van der Waals surface area contributed by atoms with Gasteiger partial charge in [0, 0.05) is 11.6 Å². The van der Waals surface area contributed by atoms with Gasteiger partial charge in [-0.3, -0.25) is 0 Å². The van der Waals surface area contributed by atoms with Crippen LogP contribution in [-0.4, -0.2) is 56.5 Å². The lowest BCUT2D eigenvalue weighted by molar-refractivity contribution is 0.0888. The second kappa shape index (κ2) is 11.2. The molecule has 2 unspecified atom stereocenters. The summed E-state index contributed by atoms with van der Waals surface area (Å²) in [6.45, 7) is 6.61. The van der Waals surface area contributed by atoms with Gasteiger partial charge >= 0.3 is 0 Å². The molecule has 0 aliphatic rings. The zero-order valence-electron chi connectivity index (χ0n) is 18.9. The van der Waals surface area contributed by atoms with Gasteiger partial charge in [-0.2, -0.15) is 0 Å². The van der Waals surface area contributed by atoms with E-state index in [2.05, 4.69) is 24.2 Å². The molecule has 1 aromatic heterocycles. The molecule has 178 valence electrons. The molecule has 3 rings (SSSR count). The van der Waals surface area contributed by atoms with E-state index in [0.29, 0.717) is 23.1 Å². The minimum atomic E-state index is -0.743. The van der Waals surface area contributed by atoms with Crippen LogP contribution in [0, 0.1) is 6.92 Å². The fourth-order valence-electron chi connectivity index (χ4n) is 3.32. The molecule has 3 aromatic rings. The van der Waals surface area contributed by atoms with Crippen molar-refractivity contribution < 1.29 is 19.7 Å². The number of aliphatic hydroxyl groups is 2. The largest absolute Gasteiger partial charge is 0.491 e. The van der Waals surface area contributed by atoms with E-state index in [0.717, 1.165) is 16.8 Å². The molecule has 0 fully saturated rings. The van der Waals surface area contributed by atoms with Gasteiger partial charge in [0.15, 0.2) is 0 Å². The fraction of sp³-hybridized carbons (Fsp3) is 0.417. The molecule has 0 saturated heterocycles. The highest BCUT2D eigenvalue weighted by Crippen LogP contribution is 2.36. The molecule has 0 amide bonds. The lowest BCUT2D eigenvalue weighted by Crippen LogP contribution is -2.24. The molecule has 7 nitrogen and oxygen atoms in total.